The molecule has 0 saturated heterocycles. The molecule has 0 bridgehead atoms. The molecule has 1 unspecified atom stereocenters. The molecular formula is C12H8BrCl2IS. The van der Waals surface area contributed by atoms with Crippen molar-refractivity contribution in [2.24, 2.45) is 0 Å². The average molecular weight is 462 g/mol. The van der Waals surface area contributed by atoms with Crippen LogP contribution in [0.25, 0.3) is 0 Å². The number of halogens is 4. The molecule has 0 aliphatic rings. The molecule has 0 saturated carbocycles. The summed E-state index contributed by atoms with van der Waals surface area (Å²) in [6, 6.07) is 8.21. The lowest BCUT2D eigenvalue weighted by Gasteiger charge is -2.10. The molecule has 1 aromatic heterocycles. The number of hydrogen-bond acceptors (Lipinski definition) is 1. The van der Waals surface area contributed by atoms with Gasteiger partial charge in [-0.2, -0.15) is 0 Å². The number of hydrogen-bond donors (Lipinski definition) is 0. The van der Waals surface area contributed by atoms with Gasteiger partial charge in [-0.05, 0) is 64.9 Å². The van der Waals surface area contributed by atoms with Crippen LogP contribution in [0.15, 0.2) is 28.7 Å². The monoisotopic (exact) mass is 460 g/mol. The first kappa shape index (κ1) is 14.1. The molecule has 0 fully saturated rings. The number of benzene rings is 1. The maximum atomic E-state index is 6.51. The van der Waals surface area contributed by atoms with E-state index >= 15 is 0 Å². The van der Waals surface area contributed by atoms with E-state index in [1.54, 1.807) is 11.3 Å². The molecule has 0 spiro atoms. The van der Waals surface area contributed by atoms with Crippen molar-refractivity contribution in [3.05, 3.63) is 52.6 Å². The Kier molecular flexibility index (Phi) is 4.80. The van der Waals surface area contributed by atoms with Crippen LogP contribution in [0.3, 0.4) is 0 Å². The van der Waals surface area contributed by atoms with Gasteiger partial charge in [-0.3, -0.25) is 0 Å². The molecule has 0 radical (unpaired) electrons. The van der Waals surface area contributed by atoms with E-state index < -0.39 is 0 Å². The SMILES string of the molecule is Cc1cc(C(Cl)c2cc(I)ccc2Br)sc1Cl. The van der Waals surface area contributed by atoms with Crippen molar-refractivity contribution in [2.45, 2.75) is 12.3 Å². The lowest BCUT2D eigenvalue weighted by molar-refractivity contribution is 1.16. The Morgan fingerprint density at radius 1 is 1.35 bits per heavy atom. The second-order valence-corrected chi connectivity index (χ2v) is 7.86. The zero-order valence-electron chi connectivity index (χ0n) is 8.81. The van der Waals surface area contributed by atoms with Crippen molar-refractivity contribution < 1.29 is 0 Å². The molecule has 1 aromatic carbocycles. The van der Waals surface area contributed by atoms with Gasteiger partial charge in [-0.15, -0.1) is 22.9 Å². The molecule has 0 nitrogen and oxygen atoms in total. The van der Waals surface area contributed by atoms with Crippen LogP contribution in [0, 0.1) is 10.5 Å². The minimum absolute atomic E-state index is 0.157. The summed E-state index contributed by atoms with van der Waals surface area (Å²) in [5.74, 6) is 0. The fourth-order valence-electron chi connectivity index (χ4n) is 1.47. The van der Waals surface area contributed by atoms with Crippen LogP contribution in [-0.4, -0.2) is 0 Å². The van der Waals surface area contributed by atoms with Gasteiger partial charge in [0, 0.05) is 12.9 Å². The standard InChI is InChI=1S/C12H8BrCl2IS/c1-6-4-10(17-12(6)15)11(14)8-5-7(16)2-3-9(8)13/h2-5,11H,1H3. The van der Waals surface area contributed by atoms with Crippen LogP contribution in [0.1, 0.15) is 21.4 Å². The minimum Gasteiger partial charge on any atom is -0.126 e. The topological polar surface area (TPSA) is 0 Å². The van der Waals surface area contributed by atoms with Gasteiger partial charge in [0.15, 0.2) is 0 Å². The number of aryl methyl sites for hydroxylation is 1. The first-order valence-electron chi connectivity index (χ1n) is 4.84. The third kappa shape index (κ3) is 3.18. The molecule has 1 atom stereocenters. The number of rotatable bonds is 2. The zero-order chi connectivity index (χ0) is 12.6. The predicted octanol–water partition coefficient (Wildman–Crippen LogP) is 6.41. The summed E-state index contributed by atoms with van der Waals surface area (Å²) in [6.45, 7) is 2.00. The van der Waals surface area contributed by atoms with Gasteiger partial charge in [0.1, 0.15) is 0 Å². The van der Waals surface area contributed by atoms with E-state index in [4.69, 9.17) is 23.2 Å². The summed E-state index contributed by atoms with van der Waals surface area (Å²) >= 11 is 20.0. The van der Waals surface area contributed by atoms with Crippen LogP contribution in [0.4, 0.5) is 0 Å². The van der Waals surface area contributed by atoms with Gasteiger partial charge < -0.3 is 0 Å². The van der Waals surface area contributed by atoms with Gasteiger partial charge in [-0.1, -0.05) is 27.5 Å². The fraction of sp³-hybridized carbons (Fsp3) is 0.167. The van der Waals surface area contributed by atoms with E-state index in [1.165, 1.54) is 3.57 Å². The Hall–Kier alpha value is 0.710. The van der Waals surface area contributed by atoms with E-state index in [-0.39, 0.29) is 5.38 Å². The van der Waals surface area contributed by atoms with Crippen molar-refractivity contribution in [3.63, 3.8) is 0 Å². The van der Waals surface area contributed by atoms with Gasteiger partial charge in [0.2, 0.25) is 0 Å². The first-order valence-corrected chi connectivity index (χ1v) is 8.34. The maximum Gasteiger partial charge on any atom is 0.0960 e. The van der Waals surface area contributed by atoms with Crippen molar-refractivity contribution in [1.82, 2.24) is 0 Å². The smallest absolute Gasteiger partial charge is 0.0960 e. The molecule has 17 heavy (non-hydrogen) atoms. The average Bonchev–Trinajstić information content (AvgIpc) is 2.62. The van der Waals surface area contributed by atoms with Gasteiger partial charge >= 0.3 is 0 Å². The highest BCUT2D eigenvalue weighted by Crippen LogP contribution is 2.40. The maximum absolute atomic E-state index is 6.51. The van der Waals surface area contributed by atoms with Crippen molar-refractivity contribution in [2.75, 3.05) is 0 Å². The van der Waals surface area contributed by atoms with Gasteiger partial charge in [0.25, 0.3) is 0 Å². The summed E-state index contributed by atoms with van der Waals surface area (Å²) in [4.78, 5) is 1.08. The molecule has 90 valence electrons. The van der Waals surface area contributed by atoms with Gasteiger partial charge in [0.05, 0.1) is 9.71 Å². The molecule has 2 rings (SSSR count). The van der Waals surface area contributed by atoms with E-state index in [2.05, 4.69) is 50.7 Å². The Labute approximate surface area is 137 Å². The third-order valence-corrected chi connectivity index (χ3v) is 5.97. The number of alkyl halides is 1. The molecule has 5 heteroatoms. The van der Waals surface area contributed by atoms with Crippen LogP contribution < -0.4 is 0 Å². The molecule has 0 N–H and O–H groups in total. The normalized spacial score (nSPS) is 12.8. The van der Waals surface area contributed by atoms with Crippen LogP contribution >= 0.6 is 73.1 Å². The minimum atomic E-state index is -0.157. The van der Waals surface area contributed by atoms with Gasteiger partial charge in [-0.25, -0.2) is 0 Å². The van der Waals surface area contributed by atoms with E-state index in [1.807, 2.05) is 19.1 Å². The third-order valence-electron chi connectivity index (χ3n) is 2.36. The van der Waals surface area contributed by atoms with Crippen LogP contribution in [0.2, 0.25) is 4.34 Å². The Morgan fingerprint density at radius 3 is 2.65 bits per heavy atom. The highest BCUT2D eigenvalue weighted by Gasteiger charge is 2.17. The van der Waals surface area contributed by atoms with E-state index in [9.17, 15) is 0 Å². The molecular weight excluding hydrogens is 454 g/mol. The summed E-state index contributed by atoms with van der Waals surface area (Å²) in [6.07, 6.45) is 0. The van der Waals surface area contributed by atoms with Crippen molar-refractivity contribution in [1.29, 1.82) is 0 Å². The highest BCUT2D eigenvalue weighted by atomic mass is 127. The summed E-state index contributed by atoms with van der Waals surface area (Å²) < 4.78 is 3.01. The number of thiophene rings is 1. The largest absolute Gasteiger partial charge is 0.126 e. The quantitative estimate of drug-likeness (QED) is 0.358. The second-order valence-electron chi connectivity index (χ2n) is 3.63. The van der Waals surface area contributed by atoms with Crippen molar-refractivity contribution >= 4 is 73.1 Å². The zero-order valence-corrected chi connectivity index (χ0v) is 14.9. The molecule has 2 aromatic rings. The molecule has 1 heterocycles. The summed E-state index contributed by atoms with van der Waals surface area (Å²) in [5.41, 5.74) is 2.16. The van der Waals surface area contributed by atoms with E-state index in [0.717, 1.165) is 24.8 Å². The van der Waals surface area contributed by atoms with E-state index in [0.29, 0.717) is 0 Å². The summed E-state index contributed by atoms with van der Waals surface area (Å²) in [5, 5.41) is -0.157. The Balaban J connectivity index is 2.42. The predicted molar refractivity (Wildman–Crippen MR) is 88.6 cm³/mol. The molecule has 0 amide bonds. The molecule has 0 aliphatic carbocycles. The summed E-state index contributed by atoms with van der Waals surface area (Å²) in [7, 11) is 0. The lowest BCUT2D eigenvalue weighted by atomic mass is 10.1. The lowest BCUT2D eigenvalue weighted by Crippen LogP contribution is -1.92. The highest BCUT2D eigenvalue weighted by molar-refractivity contribution is 14.1. The Morgan fingerprint density at radius 2 is 2.06 bits per heavy atom. The molecule has 0 aliphatic heterocycles. The first-order chi connectivity index (χ1) is 7.99. The Bertz CT molecular complexity index is 534. The van der Waals surface area contributed by atoms with Crippen LogP contribution in [-0.2, 0) is 0 Å². The van der Waals surface area contributed by atoms with Crippen LogP contribution in [0.5, 0.6) is 0 Å². The second kappa shape index (κ2) is 5.78. The fourth-order valence-corrected chi connectivity index (χ4v) is 4.19. The van der Waals surface area contributed by atoms with Crippen molar-refractivity contribution in [3.8, 4) is 0 Å².